The first-order valence-electron chi connectivity index (χ1n) is 5.50. The Labute approximate surface area is 74.5 Å². The van der Waals surface area contributed by atoms with Gasteiger partial charge in [0.25, 0.3) is 0 Å². The largest absolute Gasteiger partial charge is 0.370 e. The quantitative estimate of drug-likeness (QED) is 0.504. The van der Waals surface area contributed by atoms with Gasteiger partial charge in [-0.1, -0.05) is 26.2 Å². The average molecular weight is 166 g/mol. The van der Waals surface area contributed by atoms with E-state index in [9.17, 15) is 0 Å². The van der Waals surface area contributed by atoms with Gasteiger partial charge in [0, 0.05) is 0 Å². The standard InChI is InChI=1S/C11H18O/c1-7-3-2-4-8-5-10-11(12-10)6-9(7)8/h7-11H,2-6H2,1H3. The molecule has 5 atom stereocenters. The second-order valence-corrected chi connectivity index (χ2v) is 5.02. The highest BCUT2D eigenvalue weighted by molar-refractivity contribution is 4.98. The number of hydrogen-bond acceptors (Lipinski definition) is 1. The van der Waals surface area contributed by atoms with Crippen LogP contribution in [0, 0.1) is 17.8 Å². The molecular formula is C11H18O. The van der Waals surface area contributed by atoms with Crippen molar-refractivity contribution in [2.24, 2.45) is 17.8 Å². The molecule has 1 aliphatic heterocycles. The van der Waals surface area contributed by atoms with Gasteiger partial charge in [0.05, 0.1) is 12.2 Å². The van der Waals surface area contributed by atoms with Gasteiger partial charge in [-0.05, 0) is 30.6 Å². The Hall–Kier alpha value is -0.0400. The van der Waals surface area contributed by atoms with Crippen LogP contribution in [0.1, 0.15) is 39.0 Å². The predicted molar refractivity (Wildman–Crippen MR) is 47.9 cm³/mol. The van der Waals surface area contributed by atoms with Gasteiger partial charge in [-0.15, -0.1) is 0 Å². The van der Waals surface area contributed by atoms with E-state index in [1.165, 1.54) is 32.1 Å². The molecule has 1 heterocycles. The fraction of sp³-hybridized carbons (Fsp3) is 1.00. The van der Waals surface area contributed by atoms with Crippen molar-refractivity contribution in [3.8, 4) is 0 Å². The van der Waals surface area contributed by atoms with Crippen LogP contribution in [-0.4, -0.2) is 12.2 Å². The summed E-state index contributed by atoms with van der Waals surface area (Å²) in [6, 6.07) is 0. The zero-order valence-electron chi connectivity index (χ0n) is 7.83. The molecule has 3 rings (SSSR count). The second-order valence-electron chi connectivity index (χ2n) is 5.02. The maximum atomic E-state index is 5.62. The first-order valence-corrected chi connectivity index (χ1v) is 5.50. The zero-order chi connectivity index (χ0) is 8.13. The van der Waals surface area contributed by atoms with Gasteiger partial charge in [-0.3, -0.25) is 0 Å². The number of hydrogen-bond donors (Lipinski definition) is 0. The number of ether oxygens (including phenoxy) is 1. The third-order valence-corrected chi connectivity index (χ3v) is 4.30. The summed E-state index contributed by atoms with van der Waals surface area (Å²) in [4.78, 5) is 0. The Kier molecular flexibility index (Phi) is 1.52. The first kappa shape index (κ1) is 7.37. The lowest BCUT2D eigenvalue weighted by atomic mass is 9.66. The monoisotopic (exact) mass is 166 g/mol. The van der Waals surface area contributed by atoms with Crippen LogP contribution < -0.4 is 0 Å². The number of fused-ring (bicyclic) bond motifs is 2. The van der Waals surface area contributed by atoms with Gasteiger partial charge in [0.15, 0.2) is 0 Å². The molecule has 0 spiro atoms. The maximum Gasteiger partial charge on any atom is 0.0844 e. The van der Waals surface area contributed by atoms with Crippen LogP contribution in [0.3, 0.4) is 0 Å². The molecule has 2 aliphatic carbocycles. The fourth-order valence-electron chi connectivity index (χ4n) is 3.47. The van der Waals surface area contributed by atoms with E-state index in [2.05, 4.69) is 6.92 Å². The minimum Gasteiger partial charge on any atom is -0.370 e. The Bertz CT molecular complexity index is 189. The van der Waals surface area contributed by atoms with Crippen LogP contribution in [0.2, 0.25) is 0 Å². The van der Waals surface area contributed by atoms with Crippen LogP contribution >= 0.6 is 0 Å². The highest BCUT2D eigenvalue weighted by Gasteiger charge is 2.49. The molecule has 0 radical (unpaired) electrons. The summed E-state index contributed by atoms with van der Waals surface area (Å²) in [5.41, 5.74) is 0. The molecule has 1 nitrogen and oxygen atoms in total. The lowest BCUT2D eigenvalue weighted by Crippen LogP contribution is -2.32. The molecule has 5 unspecified atom stereocenters. The van der Waals surface area contributed by atoms with Gasteiger partial charge in [0.2, 0.25) is 0 Å². The number of rotatable bonds is 0. The molecule has 1 heteroatoms. The summed E-state index contributed by atoms with van der Waals surface area (Å²) in [5, 5.41) is 0. The summed E-state index contributed by atoms with van der Waals surface area (Å²) in [7, 11) is 0. The third-order valence-electron chi connectivity index (χ3n) is 4.30. The van der Waals surface area contributed by atoms with Crippen molar-refractivity contribution < 1.29 is 4.74 Å². The summed E-state index contributed by atoms with van der Waals surface area (Å²) < 4.78 is 5.62. The van der Waals surface area contributed by atoms with E-state index in [1.54, 1.807) is 0 Å². The molecule has 0 bridgehead atoms. The van der Waals surface area contributed by atoms with E-state index >= 15 is 0 Å². The minimum absolute atomic E-state index is 0.687. The zero-order valence-corrected chi connectivity index (χ0v) is 7.83. The van der Waals surface area contributed by atoms with Crippen molar-refractivity contribution in [1.29, 1.82) is 0 Å². The van der Waals surface area contributed by atoms with E-state index in [-0.39, 0.29) is 0 Å². The SMILES string of the molecule is CC1CCCC2CC3OC3CC12. The normalized spacial score (nSPS) is 57.2. The molecule has 2 saturated carbocycles. The second kappa shape index (κ2) is 2.47. The van der Waals surface area contributed by atoms with E-state index in [1.807, 2.05) is 0 Å². The Balaban J connectivity index is 1.76. The van der Waals surface area contributed by atoms with Gasteiger partial charge >= 0.3 is 0 Å². The molecule has 3 aliphatic rings. The topological polar surface area (TPSA) is 12.5 Å². The maximum absolute atomic E-state index is 5.62. The molecule has 0 N–H and O–H groups in total. The molecule has 1 saturated heterocycles. The summed E-state index contributed by atoms with van der Waals surface area (Å²) >= 11 is 0. The summed E-state index contributed by atoms with van der Waals surface area (Å²) in [6.45, 7) is 2.44. The molecule has 68 valence electrons. The Morgan fingerprint density at radius 1 is 1.08 bits per heavy atom. The molecule has 0 aromatic carbocycles. The van der Waals surface area contributed by atoms with Crippen LogP contribution in [0.15, 0.2) is 0 Å². The van der Waals surface area contributed by atoms with Gasteiger partial charge in [-0.2, -0.15) is 0 Å². The van der Waals surface area contributed by atoms with Crippen molar-refractivity contribution in [2.75, 3.05) is 0 Å². The van der Waals surface area contributed by atoms with Gasteiger partial charge < -0.3 is 4.74 Å². The van der Waals surface area contributed by atoms with E-state index in [0.717, 1.165) is 17.8 Å². The lowest BCUT2D eigenvalue weighted by Gasteiger charge is -2.38. The highest BCUT2D eigenvalue weighted by Crippen LogP contribution is 2.50. The van der Waals surface area contributed by atoms with Crippen molar-refractivity contribution in [3.05, 3.63) is 0 Å². The van der Waals surface area contributed by atoms with Crippen LogP contribution in [0.5, 0.6) is 0 Å². The van der Waals surface area contributed by atoms with Crippen LogP contribution in [0.25, 0.3) is 0 Å². The Morgan fingerprint density at radius 2 is 1.92 bits per heavy atom. The van der Waals surface area contributed by atoms with Crippen molar-refractivity contribution >= 4 is 0 Å². The smallest absolute Gasteiger partial charge is 0.0844 e. The molecule has 12 heavy (non-hydrogen) atoms. The van der Waals surface area contributed by atoms with Crippen molar-refractivity contribution in [3.63, 3.8) is 0 Å². The molecule has 0 amide bonds. The van der Waals surface area contributed by atoms with Crippen LogP contribution in [0.4, 0.5) is 0 Å². The van der Waals surface area contributed by atoms with Crippen molar-refractivity contribution in [1.82, 2.24) is 0 Å². The van der Waals surface area contributed by atoms with Crippen LogP contribution in [-0.2, 0) is 4.74 Å². The summed E-state index contributed by atoms with van der Waals surface area (Å²) in [5.74, 6) is 3.02. The molecule has 0 aromatic heterocycles. The van der Waals surface area contributed by atoms with E-state index in [0.29, 0.717) is 12.2 Å². The highest BCUT2D eigenvalue weighted by atomic mass is 16.6. The average Bonchev–Trinajstić information content (AvgIpc) is 2.79. The predicted octanol–water partition coefficient (Wildman–Crippen LogP) is 2.60. The third kappa shape index (κ3) is 1.02. The fourth-order valence-corrected chi connectivity index (χ4v) is 3.47. The summed E-state index contributed by atoms with van der Waals surface area (Å²) in [6.07, 6.45) is 8.58. The molecule has 0 aromatic rings. The first-order chi connectivity index (χ1) is 5.84. The van der Waals surface area contributed by atoms with Gasteiger partial charge in [0.1, 0.15) is 0 Å². The van der Waals surface area contributed by atoms with Gasteiger partial charge in [-0.25, -0.2) is 0 Å². The Morgan fingerprint density at radius 3 is 2.83 bits per heavy atom. The van der Waals surface area contributed by atoms with E-state index < -0.39 is 0 Å². The lowest BCUT2D eigenvalue weighted by molar-refractivity contribution is 0.129. The molecular weight excluding hydrogens is 148 g/mol. The minimum atomic E-state index is 0.687. The van der Waals surface area contributed by atoms with E-state index in [4.69, 9.17) is 4.74 Å². The molecule has 3 fully saturated rings. The number of epoxide rings is 1. The van der Waals surface area contributed by atoms with Crippen molar-refractivity contribution in [2.45, 2.75) is 51.2 Å².